The molecule has 1 aromatic carbocycles. The van der Waals surface area contributed by atoms with Crippen LogP contribution in [0.2, 0.25) is 5.02 Å². The second-order valence-corrected chi connectivity index (χ2v) is 14.3. The van der Waals surface area contributed by atoms with Crippen LogP contribution >= 0.6 is 23.2 Å². The van der Waals surface area contributed by atoms with E-state index in [2.05, 4.69) is 19.9 Å². The fourth-order valence-corrected chi connectivity index (χ4v) is 6.80. The van der Waals surface area contributed by atoms with E-state index >= 15 is 0 Å². The second-order valence-electron chi connectivity index (χ2n) is 13.4. The number of carbonyl (C=O) groups is 2. The van der Waals surface area contributed by atoms with Gasteiger partial charge in [0.25, 0.3) is 0 Å². The number of hydrogen-bond donors (Lipinski definition) is 1. The predicted octanol–water partition coefficient (Wildman–Crippen LogP) is 5.48. The number of aromatic nitrogens is 2. The van der Waals surface area contributed by atoms with Gasteiger partial charge < -0.3 is 15.4 Å². The third kappa shape index (κ3) is 6.27. The molecule has 1 aromatic heterocycles. The largest absolute Gasteiger partial charge is 0.477 e. The number of primary amides is 1. The topological polar surface area (TPSA) is 117 Å². The maximum atomic E-state index is 15.0. The van der Waals surface area contributed by atoms with Crippen LogP contribution in [0, 0.1) is 5.92 Å². The molecule has 3 atom stereocenters. The molecule has 3 aliphatic rings. The molecule has 0 saturated carbocycles. The summed E-state index contributed by atoms with van der Waals surface area (Å²) >= 11 is 12.8. The average Bonchev–Trinajstić information content (AvgIpc) is 3.25. The van der Waals surface area contributed by atoms with Gasteiger partial charge in [0.15, 0.2) is 0 Å². The van der Waals surface area contributed by atoms with Crippen LogP contribution in [-0.4, -0.2) is 87.3 Å². The first-order valence-electron chi connectivity index (χ1n) is 15.7. The van der Waals surface area contributed by atoms with Gasteiger partial charge >= 0.3 is 6.03 Å². The Bertz CT molecular complexity index is 1580. The van der Waals surface area contributed by atoms with E-state index in [-0.39, 0.29) is 23.9 Å². The lowest BCUT2D eigenvalue weighted by molar-refractivity contribution is -0.119. The van der Waals surface area contributed by atoms with Crippen molar-refractivity contribution in [1.29, 1.82) is 0 Å². The molecule has 1 unspecified atom stereocenters. The Morgan fingerprint density at radius 3 is 2.33 bits per heavy atom. The van der Waals surface area contributed by atoms with E-state index in [1.807, 2.05) is 73.9 Å². The number of nitrogens with zero attached hydrogens (tertiary/aromatic N) is 6. The van der Waals surface area contributed by atoms with Crippen molar-refractivity contribution in [3.63, 3.8) is 0 Å². The van der Waals surface area contributed by atoms with Crippen molar-refractivity contribution in [2.45, 2.75) is 64.5 Å². The summed E-state index contributed by atoms with van der Waals surface area (Å²) in [5.41, 5.74) is 4.68. The number of piperazine rings is 1. The molecule has 2 aromatic rings. The second kappa shape index (κ2) is 13.0. The van der Waals surface area contributed by atoms with Crippen LogP contribution in [0.15, 0.2) is 58.7 Å². The Hall–Kier alpha value is -3.47. The number of rotatable bonds is 7. The van der Waals surface area contributed by atoms with Gasteiger partial charge in [0.05, 0.1) is 29.8 Å². The normalized spacial score (nSPS) is 25.3. The molecule has 3 amide bonds. The number of halogens is 2. The Kier molecular flexibility index (Phi) is 9.55. The standard InChI is InChI=1S/C34H43Cl2N7O3/c1-7-46-29-26(20-38-30(39-29)32(2,3)4)28-40-33(5,22-8-12-24(35)13-9-22)34(6,23-10-14-25(36)15-11-23)43(28)31(45)42-18-16-41(17-19-42)21-27(37)44/h8,10-15,20,22H,7,9,16-19,21H2,1-6H3,(H2,37,44)/t22?,33-,34+/m0/s1. The zero-order valence-corrected chi connectivity index (χ0v) is 28.9. The average molecular weight is 669 g/mol. The van der Waals surface area contributed by atoms with Crippen molar-refractivity contribution in [2.75, 3.05) is 39.3 Å². The maximum absolute atomic E-state index is 15.0. The molecule has 246 valence electrons. The SMILES string of the molecule is CCOc1nc(C(C)(C)C)ncc1C1=N[C@@](C)(C2C=CC(Cl)=CC2)[C@@](C)(c2ccc(Cl)cc2)N1C(=O)N1CCN(CC(N)=O)CC1. The number of amides is 3. The van der Waals surface area contributed by atoms with Crippen molar-refractivity contribution in [2.24, 2.45) is 16.6 Å². The van der Waals surface area contributed by atoms with Crippen LogP contribution in [0.25, 0.3) is 0 Å². The van der Waals surface area contributed by atoms with Gasteiger partial charge in [-0.2, -0.15) is 4.98 Å². The number of carbonyl (C=O) groups excluding carboxylic acids is 2. The van der Waals surface area contributed by atoms with Gasteiger partial charge in [-0.05, 0) is 51.0 Å². The molecular formula is C34H43Cl2N7O3. The highest BCUT2D eigenvalue weighted by Crippen LogP contribution is 2.53. The van der Waals surface area contributed by atoms with Crippen molar-refractivity contribution in [1.82, 2.24) is 24.7 Å². The van der Waals surface area contributed by atoms with Crippen molar-refractivity contribution in [3.05, 3.63) is 75.7 Å². The van der Waals surface area contributed by atoms with Crippen LogP contribution < -0.4 is 10.5 Å². The van der Waals surface area contributed by atoms with E-state index in [4.69, 9.17) is 48.6 Å². The summed E-state index contributed by atoms with van der Waals surface area (Å²) in [6.07, 6.45) is 8.33. The predicted molar refractivity (Wildman–Crippen MR) is 181 cm³/mol. The highest BCUT2D eigenvalue weighted by atomic mass is 35.5. The zero-order chi connectivity index (χ0) is 33.4. The van der Waals surface area contributed by atoms with Gasteiger partial charge in [0.1, 0.15) is 11.7 Å². The summed E-state index contributed by atoms with van der Waals surface area (Å²) in [6.45, 7) is 14.6. The molecule has 0 spiro atoms. The van der Waals surface area contributed by atoms with E-state index in [9.17, 15) is 9.59 Å². The van der Waals surface area contributed by atoms with E-state index in [1.54, 1.807) is 11.1 Å². The van der Waals surface area contributed by atoms with Crippen LogP contribution in [-0.2, 0) is 15.7 Å². The van der Waals surface area contributed by atoms with Gasteiger partial charge in [-0.25, -0.2) is 9.78 Å². The molecule has 2 N–H and O–H groups in total. The van der Waals surface area contributed by atoms with Gasteiger partial charge in [-0.1, -0.05) is 68.3 Å². The lowest BCUT2D eigenvalue weighted by Gasteiger charge is -2.49. The Morgan fingerprint density at radius 1 is 1.09 bits per heavy atom. The van der Waals surface area contributed by atoms with Gasteiger partial charge in [-0.15, -0.1) is 0 Å². The molecule has 12 heteroatoms. The minimum Gasteiger partial charge on any atom is -0.477 e. The molecule has 10 nitrogen and oxygen atoms in total. The summed E-state index contributed by atoms with van der Waals surface area (Å²) in [5, 5.41) is 1.26. The number of nitrogens with two attached hydrogens (primary N) is 1. The number of ether oxygens (including phenoxy) is 1. The molecule has 0 radical (unpaired) electrons. The number of allylic oxidation sites excluding steroid dienone is 3. The van der Waals surface area contributed by atoms with Crippen LogP contribution in [0.3, 0.4) is 0 Å². The molecule has 0 bridgehead atoms. The number of benzene rings is 1. The monoisotopic (exact) mass is 667 g/mol. The lowest BCUT2D eigenvalue weighted by Crippen LogP contribution is -2.63. The number of urea groups is 1. The minimum absolute atomic E-state index is 0.110. The first-order valence-corrected chi connectivity index (χ1v) is 16.4. The van der Waals surface area contributed by atoms with Crippen LogP contribution in [0.5, 0.6) is 5.88 Å². The smallest absolute Gasteiger partial charge is 0.326 e. The lowest BCUT2D eigenvalue weighted by atomic mass is 9.66. The Labute approximate surface area is 281 Å². The van der Waals surface area contributed by atoms with Crippen molar-refractivity contribution < 1.29 is 14.3 Å². The molecule has 46 heavy (non-hydrogen) atoms. The minimum atomic E-state index is -0.993. The Balaban J connectivity index is 1.71. The third-order valence-electron chi connectivity index (χ3n) is 9.33. The summed E-state index contributed by atoms with van der Waals surface area (Å²) in [7, 11) is 0. The van der Waals surface area contributed by atoms with Crippen LogP contribution in [0.1, 0.15) is 64.9 Å². The van der Waals surface area contributed by atoms with Gasteiger partial charge in [0, 0.05) is 53.8 Å². The van der Waals surface area contributed by atoms with E-state index < -0.39 is 17.0 Å². The fraction of sp³-hybridized carbons (Fsp3) is 0.500. The number of amidine groups is 1. The van der Waals surface area contributed by atoms with Crippen molar-refractivity contribution in [3.8, 4) is 5.88 Å². The van der Waals surface area contributed by atoms with Crippen molar-refractivity contribution >= 4 is 41.0 Å². The van der Waals surface area contributed by atoms with Gasteiger partial charge in [-0.3, -0.25) is 19.6 Å². The van der Waals surface area contributed by atoms with E-state index in [0.717, 1.165) is 5.56 Å². The molecule has 3 heterocycles. The van der Waals surface area contributed by atoms with Crippen LogP contribution in [0.4, 0.5) is 4.79 Å². The van der Waals surface area contributed by atoms with E-state index in [1.165, 1.54) is 0 Å². The number of aliphatic imine (C=N–C) groups is 1. The zero-order valence-electron chi connectivity index (χ0n) is 27.4. The molecule has 5 rings (SSSR count). The first kappa shape index (κ1) is 33.9. The molecule has 1 aliphatic carbocycles. The van der Waals surface area contributed by atoms with Gasteiger partial charge in [0.2, 0.25) is 11.8 Å². The number of hydrogen-bond acceptors (Lipinski definition) is 7. The molecule has 2 aliphatic heterocycles. The quantitative estimate of drug-likeness (QED) is 0.418. The highest BCUT2D eigenvalue weighted by molar-refractivity contribution is 6.31. The molecule has 1 fully saturated rings. The Morgan fingerprint density at radius 2 is 1.76 bits per heavy atom. The maximum Gasteiger partial charge on any atom is 0.326 e. The summed E-state index contributed by atoms with van der Waals surface area (Å²) in [4.78, 5) is 47.2. The summed E-state index contributed by atoms with van der Waals surface area (Å²) in [6, 6.07) is 7.39. The molecule has 1 saturated heterocycles. The first-order chi connectivity index (χ1) is 21.7. The summed E-state index contributed by atoms with van der Waals surface area (Å²) in [5.74, 6) is 0.926. The third-order valence-corrected chi connectivity index (χ3v) is 9.86. The summed E-state index contributed by atoms with van der Waals surface area (Å²) < 4.78 is 6.13. The fourth-order valence-electron chi connectivity index (χ4n) is 6.52. The highest BCUT2D eigenvalue weighted by Gasteiger charge is 2.62. The molecular weight excluding hydrogens is 625 g/mol. The van der Waals surface area contributed by atoms with E-state index in [0.29, 0.717) is 72.4 Å².